The molecule has 2 aromatic carbocycles. The molecule has 0 saturated carbocycles. The Kier molecular flexibility index (Phi) is 7.17. The molecule has 1 aliphatic heterocycles. The number of amides is 1. The van der Waals surface area contributed by atoms with Gasteiger partial charge in [0.05, 0.1) is 24.4 Å². The zero-order valence-corrected chi connectivity index (χ0v) is 18.4. The van der Waals surface area contributed by atoms with Crippen LogP contribution in [0.1, 0.15) is 40.5 Å². The zero-order chi connectivity index (χ0) is 21.5. The highest BCUT2D eigenvalue weighted by molar-refractivity contribution is 7.07. The Labute approximate surface area is 186 Å². The molecule has 1 saturated heterocycles. The van der Waals surface area contributed by atoms with Crippen molar-refractivity contribution in [3.05, 3.63) is 76.2 Å². The largest absolute Gasteiger partial charge is 0.497 e. The molecule has 0 unspecified atom stereocenters. The molecule has 31 heavy (non-hydrogen) atoms. The number of nitrogens with zero attached hydrogens (tertiary/aromatic N) is 2. The summed E-state index contributed by atoms with van der Waals surface area (Å²) in [5, 5.41) is 5.08. The van der Waals surface area contributed by atoms with E-state index in [2.05, 4.69) is 27.3 Å². The van der Waals surface area contributed by atoms with Gasteiger partial charge in [-0.05, 0) is 67.9 Å². The van der Waals surface area contributed by atoms with E-state index < -0.39 is 0 Å². The summed E-state index contributed by atoms with van der Waals surface area (Å²) < 4.78 is 11.0. The van der Waals surface area contributed by atoms with E-state index in [0.29, 0.717) is 18.7 Å². The molecule has 1 aliphatic rings. The lowest BCUT2D eigenvalue weighted by Crippen LogP contribution is -2.36. The summed E-state index contributed by atoms with van der Waals surface area (Å²) in [5.74, 6) is 1.48. The molecular weight excluding hydrogens is 410 g/mol. The predicted molar refractivity (Wildman–Crippen MR) is 122 cm³/mol. The molecule has 1 fully saturated rings. The first-order valence-corrected chi connectivity index (χ1v) is 11.4. The van der Waals surface area contributed by atoms with Crippen LogP contribution in [-0.2, 0) is 6.61 Å². The molecule has 0 aliphatic carbocycles. The second-order valence-corrected chi connectivity index (χ2v) is 8.25. The maximum atomic E-state index is 12.8. The van der Waals surface area contributed by atoms with E-state index in [9.17, 15) is 4.79 Å². The first kappa shape index (κ1) is 21.3. The molecule has 1 N–H and O–H groups in total. The Morgan fingerprint density at radius 2 is 1.81 bits per heavy atom. The van der Waals surface area contributed by atoms with Crippen LogP contribution in [0.3, 0.4) is 0 Å². The molecule has 1 amide bonds. The average Bonchev–Trinajstić information content (AvgIpc) is 3.53. The van der Waals surface area contributed by atoms with Crippen LogP contribution in [0.15, 0.2) is 59.4 Å². The topological polar surface area (TPSA) is 63.7 Å². The van der Waals surface area contributed by atoms with Gasteiger partial charge in [0, 0.05) is 17.5 Å². The van der Waals surface area contributed by atoms with Crippen molar-refractivity contribution in [2.45, 2.75) is 25.5 Å². The fraction of sp³-hybridized carbons (Fsp3) is 0.333. The molecule has 1 aromatic heterocycles. The van der Waals surface area contributed by atoms with Crippen molar-refractivity contribution in [3.8, 4) is 11.5 Å². The van der Waals surface area contributed by atoms with Crippen molar-refractivity contribution in [3.63, 3.8) is 0 Å². The summed E-state index contributed by atoms with van der Waals surface area (Å²) in [6, 6.07) is 15.5. The lowest BCUT2D eigenvalue weighted by molar-refractivity contribution is 0.0938. The van der Waals surface area contributed by atoms with E-state index >= 15 is 0 Å². The van der Waals surface area contributed by atoms with Crippen molar-refractivity contribution in [1.29, 1.82) is 0 Å². The van der Waals surface area contributed by atoms with Gasteiger partial charge in [0.2, 0.25) is 0 Å². The Hall–Kier alpha value is -2.90. The number of benzene rings is 2. The summed E-state index contributed by atoms with van der Waals surface area (Å²) in [4.78, 5) is 19.4. The number of likely N-dealkylation sites (tertiary alicyclic amines) is 1. The van der Waals surface area contributed by atoms with Crippen LogP contribution >= 0.6 is 11.3 Å². The third-order valence-corrected chi connectivity index (χ3v) is 6.16. The summed E-state index contributed by atoms with van der Waals surface area (Å²) in [5.41, 5.74) is 4.50. The van der Waals surface area contributed by atoms with Crippen molar-refractivity contribution in [2.75, 3.05) is 26.7 Å². The number of thiazole rings is 1. The molecule has 3 aromatic rings. The third kappa shape index (κ3) is 5.62. The Morgan fingerprint density at radius 1 is 1.10 bits per heavy atom. The maximum absolute atomic E-state index is 12.8. The number of hydrogen-bond acceptors (Lipinski definition) is 6. The van der Waals surface area contributed by atoms with Gasteiger partial charge in [-0.2, -0.15) is 0 Å². The normalized spacial score (nSPS) is 14.9. The first-order chi connectivity index (χ1) is 15.2. The van der Waals surface area contributed by atoms with Crippen molar-refractivity contribution >= 4 is 17.2 Å². The van der Waals surface area contributed by atoms with E-state index in [1.165, 1.54) is 18.4 Å². The van der Waals surface area contributed by atoms with Gasteiger partial charge in [-0.1, -0.05) is 12.1 Å². The van der Waals surface area contributed by atoms with Crippen LogP contribution < -0.4 is 14.8 Å². The standard InChI is InChI=1S/C24H27N3O3S/c1-29-21-8-4-18(5-9-21)23(27-12-2-3-13-27)14-25-24(28)19-6-10-22(11-7-19)30-15-20-16-31-17-26-20/h4-11,16-17,23H,2-3,12-15H2,1H3,(H,25,28)/t23-/m1/s1. The predicted octanol–water partition coefficient (Wildman–Crippen LogP) is 4.30. The number of carbonyl (C=O) groups excluding carboxylic acids is 1. The Morgan fingerprint density at radius 3 is 2.45 bits per heavy atom. The smallest absolute Gasteiger partial charge is 0.251 e. The van der Waals surface area contributed by atoms with Gasteiger partial charge >= 0.3 is 0 Å². The SMILES string of the molecule is COc1ccc([C@@H](CNC(=O)c2ccc(OCc3cscn3)cc2)N2CCCC2)cc1. The van der Waals surface area contributed by atoms with Crippen LogP contribution in [-0.4, -0.2) is 42.5 Å². The molecule has 6 nitrogen and oxygen atoms in total. The summed E-state index contributed by atoms with van der Waals surface area (Å²) in [6.45, 7) is 3.09. The lowest BCUT2D eigenvalue weighted by Gasteiger charge is -2.28. The van der Waals surface area contributed by atoms with Gasteiger partial charge in [0.15, 0.2) is 0 Å². The van der Waals surface area contributed by atoms with E-state index in [4.69, 9.17) is 9.47 Å². The van der Waals surface area contributed by atoms with Crippen LogP contribution in [0, 0.1) is 0 Å². The zero-order valence-electron chi connectivity index (χ0n) is 17.6. The van der Waals surface area contributed by atoms with Gasteiger partial charge in [-0.3, -0.25) is 9.69 Å². The third-order valence-electron chi connectivity index (χ3n) is 5.52. The molecule has 7 heteroatoms. The lowest BCUT2D eigenvalue weighted by atomic mass is 10.0. The molecule has 162 valence electrons. The molecule has 0 spiro atoms. The minimum absolute atomic E-state index is 0.0799. The molecule has 1 atom stereocenters. The van der Waals surface area contributed by atoms with E-state index in [1.807, 2.05) is 29.6 Å². The first-order valence-electron chi connectivity index (χ1n) is 10.5. The van der Waals surface area contributed by atoms with E-state index in [1.54, 1.807) is 36.1 Å². The van der Waals surface area contributed by atoms with Crippen molar-refractivity contribution in [2.24, 2.45) is 0 Å². The number of carbonyl (C=O) groups is 1. The van der Waals surface area contributed by atoms with E-state index in [-0.39, 0.29) is 11.9 Å². The average molecular weight is 438 g/mol. The fourth-order valence-electron chi connectivity index (χ4n) is 3.80. The minimum Gasteiger partial charge on any atom is -0.497 e. The molecule has 4 rings (SSSR count). The number of nitrogens with one attached hydrogen (secondary N) is 1. The van der Waals surface area contributed by atoms with Crippen molar-refractivity contribution in [1.82, 2.24) is 15.2 Å². The Balaban J connectivity index is 1.36. The summed E-state index contributed by atoms with van der Waals surface area (Å²) in [7, 11) is 1.67. The monoisotopic (exact) mass is 437 g/mol. The fourth-order valence-corrected chi connectivity index (χ4v) is 4.34. The van der Waals surface area contributed by atoms with Crippen LogP contribution in [0.5, 0.6) is 11.5 Å². The van der Waals surface area contributed by atoms with Gasteiger partial charge < -0.3 is 14.8 Å². The second-order valence-electron chi connectivity index (χ2n) is 7.53. The van der Waals surface area contributed by atoms with Crippen molar-refractivity contribution < 1.29 is 14.3 Å². The van der Waals surface area contributed by atoms with Gasteiger partial charge in [0.1, 0.15) is 18.1 Å². The number of rotatable bonds is 9. The summed E-state index contributed by atoms with van der Waals surface area (Å²) in [6.07, 6.45) is 2.39. The van der Waals surface area contributed by atoms with Crippen LogP contribution in [0.4, 0.5) is 0 Å². The number of hydrogen-bond donors (Lipinski definition) is 1. The van der Waals surface area contributed by atoms with Gasteiger partial charge in [-0.25, -0.2) is 4.98 Å². The number of ether oxygens (including phenoxy) is 2. The van der Waals surface area contributed by atoms with E-state index in [0.717, 1.165) is 30.3 Å². The molecular formula is C24H27N3O3S. The number of methoxy groups -OCH3 is 1. The molecule has 0 bridgehead atoms. The second kappa shape index (κ2) is 10.4. The highest BCUT2D eigenvalue weighted by atomic mass is 32.1. The summed E-state index contributed by atoms with van der Waals surface area (Å²) >= 11 is 1.54. The highest BCUT2D eigenvalue weighted by Crippen LogP contribution is 2.26. The molecule has 2 heterocycles. The Bertz CT molecular complexity index is 953. The van der Waals surface area contributed by atoms with Gasteiger partial charge in [-0.15, -0.1) is 11.3 Å². The quantitative estimate of drug-likeness (QED) is 0.541. The molecule has 0 radical (unpaired) electrons. The maximum Gasteiger partial charge on any atom is 0.251 e. The minimum atomic E-state index is -0.0799. The highest BCUT2D eigenvalue weighted by Gasteiger charge is 2.24. The van der Waals surface area contributed by atoms with Crippen LogP contribution in [0.2, 0.25) is 0 Å². The number of aromatic nitrogens is 1. The van der Waals surface area contributed by atoms with Crippen LogP contribution in [0.25, 0.3) is 0 Å². The van der Waals surface area contributed by atoms with Gasteiger partial charge in [0.25, 0.3) is 5.91 Å².